The van der Waals surface area contributed by atoms with E-state index >= 15 is 4.39 Å². The molecule has 0 amide bonds. The quantitative estimate of drug-likeness (QED) is 0.0773. The number of allylic oxidation sites excluding steroid dienone is 4. The number of rotatable bonds is 18. The molecule has 50 heavy (non-hydrogen) atoms. The van der Waals surface area contributed by atoms with Gasteiger partial charge in [0.15, 0.2) is 23.7 Å². The lowest BCUT2D eigenvalue weighted by Crippen LogP contribution is -2.70. The third-order valence-corrected chi connectivity index (χ3v) is 11.0. The number of nitrogens with zero attached hydrogens (tertiary/aromatic N) is 2. The summed E-state index contributed by atoms with van der Waals surface area (Å²) in [6.45, 7) is 3.27. The Morgan fingerprint density at radius 3 is 2.30 bits per heavy atom. The van der Waals surface area contributed by atoms with Gasteiger partial charge in [-0.05, 0) is 57.1 Å². The van der Waals surface area contributed by atoms with E-state index in [0.717, 1.165) is 0 Å². The number of ketones is 2. The number of hydrogen-bond acceptors (Lipinski definition) is 17. The average molecular weight is 719 g/mol. The summed E-state index contributed by atoms with van der Waals surface area (Å²) in [5.74, 6) is -4.77. The Morgan fingerprint density at radius 2 is 1.60 bits per heavy atom. The van der Waals surface area contributed by atoms with Crippen LogP contribution in [0.5, 0.6) is 0 Å². The predicted octanol–water partition coefficient (Wildman–Crippen LogP) is 1.83. The van der Waals surface area contributed by atoms with Gasteiger partial charge in [-0.1, -0.05) is 25.5 Å². The number of hydrogen-bond donors (Lipinski definition) is 5. The molecule has 17 nitrogen and oxygen atoms in total. The summed E-state index contributed by atoms with van der Waals surface area (Å²) in [6, 6.07) is 0. The molecule has 0 aromatic heterocycles. The lowest BCUT2D eigenvalue weighted by atomic mass is 9.44. The molecule has 0 aromatic carbocycles. The topological polar surface area (TPSA) is 231 Å². The van der Waals surface area contributed by atoms with Crippen molar-refractivity contribution in [2.24, 2.45) is 28.6 Å². The van der Waals surface area contributed by atoms with Gasteiger partial charge in [-0.3, -0.25) is 40.1 Å². The summed E-state index contributed by atoms with van der Waals surface area (Å²) >= 11 is 0. The standard InChI is InChI=1S/C32H47FN2O15/c1-20-15-24-23-7-6-21-16-22(36)8-9-29(21,2)31(23,33)25(37)17-30(24,3)32(20,50-27(39)5-4-10-48-34(41)42)26(38)18-47-28(40)19-46-12-11-45-13-14-49-35(43)44/h8-9,16,20,23-25,37,41-44H,4-7,10-15,17-19H2,1-3H3/t20-,23?,24?,25+,29+,30+,31+,32+/m1/s1. The van der Waals surface area contributed by atoms with Gasteiger partial charge < -0.3 is 24.1 Å². The van der Waals surface area contributed by atoms with Gasteiger partial charge in [0.25, 0.3) is 0 Å². The number of Topliss-reactive ketones (excluding diaryl/α,β-unsaturated/α-hetero) is 1. The molecule has 0 aromatic rings. The van der Waals surface area contributed by atoms with Crippen LogP contribution in [0.3, 0.4) is 0 Å². The van der Waals surface area contributed by atoms with Crippen LogP contribution in [0.15, 0.2) is 23.8 Å². The molecule has 0 saturated heterocycles. The first-order valence-electron chi connectivity index (χ1n) is 16.5. The third kappa shape index (κ3) is 7.70. The van der Waals surface area contributed by atoms with Gasteiger partial charge in [-0.2, -0.15) is 0 Å². The first-order valence-corrected chi connectivity index (χ1v) is 16.5. The number of carbonyl (C=O) groups excluding carboxylic acids is 4. The van der Waals surface area contributed by atoms with Crippen molar-refractivity contribution in [1.29, 1.82) is 0 Å². The van der Waals surface area contributed by atoms with Gasteiger partial charge in [-0.15, -0.1) is 0 Å². The normalized spacial score (nSPS) is 34.6. The van der Waals surface area contributed by atoms with Crippen LogP contribution >= 0.6 is 0 Å². The minimum Gasteiger partial charge on any atom is -0.456 e. The Bertz CT molecular complexity index is 1330. The first-order chi connectivity index (χ1) is 23.5. The molecule has 0 bridgehead atoms. The van der Waals surface area contributed by atoms with E-state index in [9.17, 15) is 24.3 Å². The first kappa shape index (κ1) is 40.0. The highest BCUT2D eigenvalue weighted by atomic mass is 19.1. The zero-order valence-electron chi connectivity index (χ0n) is 28.3. The Hall–Kier alpha value is -2.75. The minimum absolute atomic E-state index is 0.000422. The average Bonchev–Trinajstić information content (AvgIpc) is 3.26. The molecule has 2 unspecified atom stereocenters. The van der Waals surface area contributed by atoms with Gasteiger partial charge in [0.2, 0.25) is 5.78 Å². The molecule has 5 N–H and O–H groups in total. The molecule has 3 fully saturated rings. The van der Waals surface area contributed by atoms with Crippen molar-refractivity contribution in [2.45, 2.75) is 76.7 Å². The van der Waals surface area contributed by atoms with E-state index < -0.39 is 87.7 Å². The van der Waals surface area contributed by atoms with Crippen LogP contribution in [0.2, 0.25) is 0 Å². The van der Waals surface area contributed by atoms with E-state index in [-0.39, 0.29) is 70.9 Å². The fourth-order valence-electron chi connectivity index (χ4n) is 8.84. The number of ether oxygens (including phenoxy) is 4. The molecular formula is C32H47FN2O15. The molecular weight excluding hydrogens is 671 g/mol. The van der Waals surface area contributed by atoms with Gasteiger partial charge in [0, 0.05) is 29.1 Å². The van der Waals surface area contributed by atoms with Gasteiger partial charge in [-0.25, -0.2) is 14.0 Å². The second kappa shape index (κ2) is 16.3. The van der Waals surface area contributed by atoms with Crippen LogP contribution in [0, 0.1) is 28.6 Å². The highest BCUT2D eigenvalue weighted by Crippen LogP contribution is 2.71. The molecule has 8 atom stereocenters. The van der Waals surface area contributed by atoms with Crippen molar-refractivity contribution >= 4 is 23.5 Å². The van der Waals surface area contributed by atoms with E-state index in [1.54, 1.807) is 20.8 Å². The SMILES string of the molecule is C[C@@H]1CC2C3CCC4=CC(=O)C=C[C@]4(C)[C@@]3(F)[C@@H](O)C[C@]2(C)[C@@]1(OC(=O)CCCON(O)O)C(=O)COC(=O)COCCOCCON(O)O. The number of halogens is 1. The van der Waals surface area contributed by atoms with Crippen LogP contribution in [-0.4, -0.2) is 124 Å². The molecule has 4 aliphatic carbocycles. The van der Waals surface area contributed by atoms with E-state index in [1.807, 2.05) is 0 Å². The molecule has 0 radical (unpaired) electrons. The molecule has 282 valence electrons. The van der Waals surface area contributed by atoms with E-state index in [0.29, 0.717) is 12.0 Å². The number of fused-ring (bicyclic) bond motifs is 5. The number of aliphatic hydroxyl groups is 1. The van der Waals surface area contributed by atoms with E-state index in [4.69, 9.17) is 39.8 Å². The third-order valence-electron chi connectivity index (χ3n) is 11.0. The van der Waals surface area contributed by atoms with Crippen molar-refractivity contribution in [3.63, 3.8) is 0 Å². The van der Waals surface area contributed by atoms with Gasteiger partial charge in [0.1, 0.15) is 6.61 Å². The van der Waals surface area contributed by atoms with Crippen molar-refractivity contribution in [2.75, 3.05) is 46.2 Å². The summed E-state index contributed by atoms with van der Waals surface area (Å²) < 4.78 is 39.4. The Kier molecular flexibility index (Phi) is 13.0. The largest absolute Gasteiger partial charge is 0.456 e. The molecule has 0 heterocycles. The van der Waals surface area contributed by atoms with Crippen LogP contribution in [0.4, 0.5) is 4.39 Å². The minimum atomic E-state index is -2.20. The van der Waals surface area contributed by atoms with Gasteiger partial charge >= 0.3 is 11.9 Å². The zero-order chi connectivity index (χ0) is 36.9. The van der Waals surface area contributed by atoms with Crippen LogP contribution in [-0.2, 0) is 47.8 Å². The number of aliphatic hydroxyl groups excluding tert-OH is 1. The van der Waals surface area contributed by atoms with Crippen LogP contribution in [0.1, 0.15) is 59.3 Å². The second-order valence-corrected chi connectivity index (χ2v) is 13.6. The highest BCUT2D eigenvalue weighted by Gasteiger charge is 2.77. The summed E-state index contributed by atoms with van der Waals surface area (Å²) in [4.78, 5) is 61.2. The molecule has 4 aliphatic rings. The Morgan fingerprint density at radius 1 is 0.940 bits per heavy atom. The summed E-state index contributed by atoms with van der Waals surface area (Å²) in [5, 5.41) is 45.3. The van der Waals surface area contributed by atoms with Crippen molar-refractivity contribution in [3.8, 4) is 0 Å². The van der Waals surface area contributed by atoms with Crippen LogP contribution < -0.4 is 0 Å². The fraction of sp³-hybridized carbons (Fsp3) is 0.750. The summed E-state index contributed by atoms with van der Waals surface area (Å²) in [6.07, 6.45) is 2.96. The molecule has 4 rings (SSSR count). The van der Waals surface area contributed by atoms with Crippen molar-refractivity contribution in [1.82, 2.24) is 10.8 Å². The zero-order valence-corrected chi connectivity index (χ0v) is 28.3. The number of alkyl halides is 1. The summed E-state index contributed by atoms with van der Waals surface area (Å²) in [7, 11) is 0. The maximum atomic E-state index is 17.7. The van der Waals surface area contributed by atoms with Gasteiger partial charge in [0.05, 0.1) is 49.9 Å². The number of carbonyl (C=O) groups is 4. The smallest absolute Gasteiger partial charge is 0.332 e. The Balaban J connectivity index is 1.52. The summed E-state index contributed by atoms with van der Waals surface area (Å²) in [5.41, 5.74) is -6.13. The lowest BCUT2D eigenvalue weighted by molar-refractivity contribution is -0.493. The highest BCUT2D eigenvalue weighted by molar-refractivity contribution is 6.01. The van der Waals surface area contributed by atoms with E-state index in [1.165, 1.54) is 18.2 Å². The molecule has 18 heteroatoms. The molecule has 0 spiro atoms. The maximum Gasteiger partial charge on any atom is 0.332 e. The number of esters is 2. The van der Waals surface area contributed by atoms with Crippen molar-refractivity contribution < 1.29 is 78.1 Å². The Labute approximate surface area is 287 Å². The monoisotopic (exact) mass is 718 g/mol. The fourth-order valence-corrected chi connectivity index (χ4v) is 8.84. The predicted molar refractivity (Wildman–Crippen MR) is 161 cm³/mol. The molecule has 3 saturated carbocycles. The lowest BCUT2D eigenvalue weighted by Gasteiger charge is -2.62. The second-order valence-electron chi connectivity index (χ2n) is 13.6. The van der Waals surface area contributed by atoms with Crippen molar-refractivity contribution in [3.05, 3.63) is 23.8 Å². The molecule has 0 aliphatic heterocycles. The van der Waals surface area contributed by atoms with Crippen LogP contribution in [0.25, 0.3) is 0 Å². The maximum absolute atomic E-state index is 17.7. The van der Waals surface area contributed by atoms with E-state index in [2.05, 4.69) is 9.68 Å².